The number of para-hydroxylation sites is 4. The van der Waals surface area contributed by atoms with Crippen molar-refractivity contribution in [3.8, 4) is 11.5 Å². The number of aliphatic hydroxyl groups is 1. The second kappa shape index (κ2) is 9.45. The molecule has 1 fully saturated rings. The van der Waals surface area contributed by atoms with Crippen LogP contribution < -0.4 is 14.4 Å². The third kappa shape index (κ3) is 4.45. The van der Waals surface area contributed by atoms with Crippen LogP contribution >= 0.6 is 0 Å². The van der Waals surface area contributed by atoms with E-state index >= 15 is 0 Å². The van der Waals surface area contributed by atoms with Gasteiger partial charge in [0.1, 0.15) is 0 Å². The third-order valence-corrected chi connectivity index (χ3v) is 8.24. The molecule has 1 saturated carbocycles. The summed E-state index contributed by atoms with van der Waals surface area (Å²) in [6.07, 6.45) is 1.39. The minimum absolute atomic E-state index is 0.0430. The number of hydrogen-bond acceptors (Lipinski definition) is 6. The van der Waals surface area contributed by atoms with Crippen molar-refractivity contribution < 1.29 is 23.1 Å². The zero-order valence-electron chi connectivity index (χ0n) is 19.4. The Morgan fingerprint density at radius 1 is 0.971 bits per heavy atom. The predicted octanol–water partition coefficient (Wildman–Crippen LogP) is 4.78. The van der Waals surface area contributed by atoms with Crippen LogP contribution in [0.25, 0.3) is 0 Å². The van der Waals surface area contributed by atoms with Gasteiger partial charge in [-0.15, -0.1) is 0 Å². The van der Waals surface area contributed by atoms with Crippen molar-refractivity contribution >= 4 is 27.2 Å². The summed E-state index contributed by atoms with van der Waals surface area (Å²) in [5.74, 6) is 1.35. The number of fused-ring (bicyclic) bond motifs is 2. The molecule has 1 unspecified atom stereocenters. The summed E-state index contributed by atoms with van der Waals surface area (Å²) in [6.45, 7) is 1.76. The maximum absolute atomic E-state index is 13.1. The number of sulfonamides is 1. The second-order valence-electron chi connectivity index (χ2n) is 8.93. The van der Waals surface area contributed by atoms with Crippen LogP contribution in [0.5, 0.6) is 11.5 Å². The van der Waals surface area contributed by atoms with Crippen LogP contribution in [0.4, 0.5) is 11.4 Å². The minimum Gasteiger partial charge on any atom is -0.453 e. The molecule has 2 N–H and O–H groups in total. The van der Waals surface area contributed by atoms with Crippen LogP contribution in [0.3, 0.4) is 0 Å². The number of ether oxygens (including phenoxy) is 1. The normalized spacial score (nSPS) is 21.5. The van der Waals surface area contributed by atoms with Crippen molar-refractivity contribution in [3.63, 3.8) is 0 Å². The molecule has 1 aliphatic carbocycles. The average molecular weight is 493 g/mol. The van der Waals surface area contributed by atoms with Gasteiger partial charge in [-0.25, -0.2) is 13.1 Å². The molecule has 3 aromatic carbocycles. The molecule has 1 heterocycles. The highest BCUT2D eigenvalue weighted by molar-refractivity contribution is 7.89. The summed E-state index contributed by atoms with van der Waals surface area (Å²) in [5.41, 5.74) is 2.17. The first-order valence-electron chi connectivity index (χ1n) is 11.9. The molecule has 0 spiro atoms. The Morgan fingerprint density at radius 2 is 1.57 bits per heavy atom. The van der Waals surface area contributed by atoms with Crippen LogP contribution in [0, 0.1) is 0 Å². The average Bonchev–Trinajstić information content (AvgIpc) is 2.88. The van der Waals surface area contributed by atoms with E-state index in [1.165, 1.54) is 24.3 Å². The number of carbonyl (C=O) groups excluding carboxylic acids is 1. The molecule has 3 atom stereocenters. The largest absolute Gasteiger partial charge is 0.453 e. The number of aliphatic hydroxyl groups excluding tert-OH is 1. The van der Waals surface area contributed by atoms with Crippen molar-refractivity contribution in [1.82, 2.24) is 4.72 Å². The number of hydrogen-bond donors (Lipinski definition) is 2. The van der Waals surface area contributed by atoms with Gasteiger partial charge in [-0.2, -0.15) is 0 Å². The molecule has 5 rings (SSSR count). The van der Waals surface area contributed by atoms with E-state index in [4.69, 9.17) is 4.74 Å². The van der Waals surface area contributed by atoms with Gasteiger partial charge in [0, 0.05) is 12.0 Å². The summed E-state index contributed by atoms with van der Waals surface area (Å²) in [6, 6.07) is 20.3. The van der Waals surface area contributed by atoms with Crippen LogP contribution in [0.1, 0.15) is 43.0 Å². The van der Waals surface area contributed by atoms with Crippen LogP contribution in [0.15, 0.2) is 77.7 Å². The van der Waals surface area contributed by atoms with E-state index in [0.29, 0.717) is 36.3 Å². The van der Waals surface area contributed by atoms with Gasteiger partial charge in [-0.05, 0) is 55.7 Å². The van der Waals surface area contributed by atoms with Gasteiger partial charge in [0.05, 0.1) is 34.5 Å². The number of benzene rings is 3. The molecule has 0 amide bonds. The van der Waals surface area contributed by atoms with E-state index in [2.05, 4.69) is 9.62 Å². The van der Waals surface area contributed by atoms with Gasteiger partial charge < -0.3 is 14.7 Å². The fourth-order valence-corrected chi connectivity index (χ4v) is 6.24. The molecule has 0 saturated heterocycles. The monoisotopic (exact) mass is 492 g/mol. The fraction of sp³-hybridized carbons (Fsp3) is 0.296. The summed E-state index contributed by atoms with van der Waals surface area (Å²) in [7, 11) is -3.88. The van der Waals surface area contributed by atoms with Gasteiger partial charge in [-0.1, -0.05) is 43.3 Å². The Kier molecular flexibility index (Phi) is 6.35. The Morgan fingerprint density at radius 3 is 2.17 bits per heavy atom. The van der Waals surface area contributed by atoms with Gasteiger partial charge in [0.2, 0.25) is 10.0 Å². The Bertz CT molecular complexity index is 1290. The molecule has 1 aliphatic heterocycles. The topological polar surface area (TPSA) is 95.9 Å². The van der Waals surface area contributed by atoms with Crippen LogP contribution in [0.2, 0.25) is 0 Å². The number of carbonyl (C=O) groups is 1. The molecule has 0 radical (unpaired) electrons. The number of anilines is 2. The first-order valence-corrected chi connectivity index (χ1v) is 13.4. The van der Waals surface area contributed by atoms with Gasteiger partial charge in [0.25, 0.3) is 0 Å². The Balaban J connectivity index is 1.42. The summed E-state index contributed by atoms with van der Waals surface area (Å²) in [4.78, 5) is 14.0. The van der Waals surface area contributed by atoms with E-state index in [-0.39, 0.29) is 16.7 Å². The molecule has 8 heteroatoms. The molecule has 182 valence electrons. The van der Waals surface area contributed by atoms with E-state index in [1.54, 1.807) is 6.92 Å². The van der Waals surface area contributed by atoms with Crippen LogP contribution in [-0.2, 0) is 10.0 Å². The highest BCUT2D eigenvalue weighted by Gasteiger charge is 2.41. The van der Waals surface area contributed by atoms with Gasteiger partial charge in [0.15, 0.2) is 17.3 Å². The molecular formula is C27H28N2O5S. The van der Waals surface area contributed by atoms with E-state index in [9.17, 15) is 18.3 Å². The number of rotatable bonds is 6. The number of nitrogens with zero attached hydrogens (tertiary/aromatic N) is 1. The second-order valence-corrected chi connectivity index (χ2v) is 10.6. The number of Topliss-reactive ketones (excluding diaryl/α,β-unsaturated/α-hetero) is 1. The van der Waals surface area contributed by atoms with Gasteiger partial charge in [-0.3, -0.25) is 4.79 Å². The maximum Gasteiger partial charge on any atom is 0.240 e. The first kappa shape index (κ1) is 23.5. The van der Waals surface area contributed by atoms with Crippen LogP contribution in [-0.4, -0.2) is 37.5 Å². The van der Waals surface area contributed by atoms with E-state index in [0.717, 1.165) is 17.8 Å². The van der Waals surface area contributed by atoms with Gasteiger partial charge >= 0.3 is 0 Å². The SMILES string of the molecule is CCC(=O)c1ccc(S(=O)(=O)N[C@@H]2CCCC(N3c4ccccc4Oc4ccccc43)[C@H]2O)cc1. The lowest BCUT2D eigenvalue weighted by molar-refractivity contribution is 0.0807. The lowest BCUT2D eigenvalue weighted by Crippen LogP contribution is -2.56. The number of nitrogens with one attached hydrogen (secondary N) is 1. The highest BCUT2D eigenvalue weighted by Crippen LogP contribution is 2.49. The predicted molar refractivity (Wildman–Crippen MR) is 134 cm³/mol. The van der Waals surface area contributed by atoms with E-state index < -0.39 is 22.2 Å². The summed E-state index contributed by atoms with van der Waals surface area (Å²) in [5, 5.41) is 11.4. The Hall–Kier alpha value is -3.20. The molecule has 3 aromatic rings. The highest BCUT2D eigenvalue weighted by atomic mass is 32.2. The molecule has 2 aliphatic rings. The molecule has 7 nitrogen and oxygen atoms in total. The number of ketones is 1. The Labute approximate surface area is 205 Å². The zero-order chi connectivity index (χ0) is 24.6. The minimum atomic E-state index is -3.88. The molecule has 0 bridgehead atoms. The van der Waals surface area contributed by atoms with Crippen molar-refractivity contribution in [2.45, 2.75) is 55.7 Å². The van der Waals surface area contributed by atoms with Crippen molar-refractivity contribution in [2.75, 3.05) is 4.90 Å². The van der Waals surface area contributed by atoms with Crippen molar-refractivity contribution in [2.24, 2.45) is 0 Å². The smallest absolute Gasteiger partial charge is 0.240 e. The lowest BCUT2D eigenvalue weighted by atomic mass is 9.86. The first-order chi connectivity index (χ1) is 16.9. The quantitative estimate of drug-likeness (QED) is 0.481. The zero-order valence-corrected chi connectivity index (χ0v) is 20.2. The molecule has 0 aromatic heterocycles. The third-order valence-electron chi connectivity index (χ3n) is 6.74. The standard InChI is InChI=1S/C27H28N2O5S/c1-2-24(30)18-14-16-19(17-15-18)35(32,33)28-20-8-7-11-23(27(20)31)29-21-9-3-5-12-25(21)34-26-13-6-4-10-22(26)29/h3-6,9-10,12-17,20,23,27-28,31H,2,7-8,11H2,1H3/t20-,23?,27+/m1/s1. The van der Waals surface area contributed by atoms with Crippen molar-refractivity contribution in [3.05, 3.63) is 78.4 Å². The lowest BCUT2D eigenvalue weighted by Gasteiger charge is -2.44. The fourth-order valence-electron chi connectivity index (χ4n) is 4.95. The maximum atomic E-state index is 13.1. The van der Waals surface area contributed by atoms with Crippen molar-refractivity contribution in [1.29, 1.82) is 0 Å². The molecule has 35 heavy (non-hydrogen) atoms. The molecular weight excluding hydrogens is 464 g/mol. The van der Waals surface area contributed by atoms with E-state index in [1.807, 2.05) is 48.5 Å². The summed E-state index contributed by atoms with van der Waals surface area (Å²) < 4.78 is 35.1. The summed E-state index contributed by atoms with van der Waals surface area (Å²) >= 11 is 0.